The minimum Gasteiger partial charge on any atom is -0.618 e. The summed E-state index contributed by atoms with van der Waals surface area (Å²) in [6.07, 6.45) is 6.80. The zero-order chi connectivity index (χ0) is 15.7. The number of carbonyl (C=O) groups excluding carboxylic acids is 1. The molecular weight excluding hydrogens is 296 g/mol. The number of pyridine rings is 1. The van der Waals surface area contributed by atoms with Crippen molar-refractivity contribution in [3.8, 4) is 0 Å². The van der Waals surface area contributed by atoms with Crippen LogP contribution in [0.3, 0.4) is 0 Å². The summed E-state index contributed by atoms with van der Waals surface area (Å²) in [6, 6.07) is 5.50. The molecule has 1 aromatic rings. The minimum atomic E-state index is -0.261. The van der Waals surface area contributed by atoms with Gasteiger partial charge < -0.3 is 10.5 Å². The molecule has 0 aliphatic heterocycles. The maximum atomic E-state index is 12.4. The van der Waals surface area contributed by atoms with Crippen molar-refractivity contribution in [2.24, 2.45) is 17.8 Å². The van der Waals surface area contributed by atoms with Gasteiger partial charge in [0.1, 0.15) is 0 Å². The molecule has 1 aromatic heterocycles. The molecule has 2 saturated carbocycles. The summed E-state index contributed by atoms with van der Waals surface area (Å²) in [5.41, 5.74) is 0. The van der Waals surface area contributed by atoms with E-state index in [1.165, 1.54) is 43.6 Å². The molecule has 0 radical (unpaired) electrons. The summed E-state index contributed by atoms with van der Waals surface area (Å²) in [4.78, 5) is 12.4. The van der Waals surface area contributed by atoms with E-state index in [0.29, 0.717) is 10.9 Å². The molecule has 2 aliphatic carbocycles. The maximum absolute atomic E-state index is 12.4. The topological polar surface area (TPSA) is 56.0 Å². The quantitative estimate of drug-likeness (QED) is 0.515. The first-order chi connectivity index (χ1) is 10.5. The van der Waals surface area contributed by atoms with Gasteiger partial charge in [0.25, 0.3) is 5.03 Å². The second-order valence-electron chi connectivity index (χ2n) is 6.76. The number of hydrogen-bond donors (Lipinski definition) is 1. The van der Waals surface area contributed by atoms with Crippen LogP contribution in [0.25, 0.3) is 0 Å². The van der Waals surface area contributed by atoms with Crippen molar-refractivity contribution in [2.45, 2.75) is 55.8 Å². The van der Waals surface area contributed by atoms with Gasteiger partial charge in [0.2, 0.25) is 5.91 Å². The number of hydrogen-bond acceptors (Lipinski definition) is 3. The predicted octanol–water partition coefficient (Wildman–Crippen LogP) is 2.74. The third-order valence-corrected chi connectivity index (χ3v) is 6.39. The van der Waals surface area contributed by atoms with Crippen LogP contribution in [0.1, 0.15) is 39.5 Å². The van der Waals surface area contributed by atoms with Crippen molar-refractivity contribution in [3.05, 3.63) is 29.6 Å². The molecule has 0 saturated heterocycles. The van der Waals surface area contributed by atoms with Crippen LogP contribution in [0.4, 0.5) is 0 Å². The second-order valence-corrected chi connectivity index (χ2v) is 8.12. The van der Waals surface area contributed by atoms with Gasteiger partial charge in [0.05, 0.1) is 5.25 Å². The summed E-state index contributed by atoms with van der Waals surface area (Å²) >= 11 is 1.32. The van der Waals surface area contributed by atoms with Crippen molar-refractivity contribution in [2.75, 3.05) is 0 Å². The number of carbonyl (C=O) groups is 1. The van der Waals surface area contributed by atoms with Crippen molar-refractivity contribution in [3.63, 3.8) is 0 Å². The molecule has 3 rings (SSSR count). The molecule has 4 nitrogen and oxygen atoms in total. The molecule has 0 spiro atoms. The van der Waals surface area contributed by atoms with E-state index in [1.807, 2.05) is 13.0 Å². The number of nitrogens with zero attached hydrogens (tertiary/aromatic N) is 1. The van der Waals surface area contributed by atoms with Gasteiger partial charge in [-0.3, -0.25) is 4.79 Å². The minimum absolute atomic E-state index is 0.0316. The van der Waals surface area contributed by atoms with Gasteiger partial charge in [-0.2, -0.15) is 4.73 Å². The Kier molecular flexibility index (Phi) is 4.62. The summed E-state index contributed by atoms with van der Waals surface area (Å²) in [5, 5.41) is 15.1. The Morgan fingerprint density at radius 3 is 2.82 bits per heavy atom. The third kappa shape index (κ3) is 3.24. The number of rotatable bonds is 5. The van der Waals surface area contributed by atoms with Crippen LogP contribution in [0.5, 0.6) is 0 Å². The molecule has 22 heavy (non-hydrogen) atoms. The van der Waals surface area contributed by atoms with Crippen LogP contribution < -0.4 is 10.0 Å². The molecule has 2 fully saturated rings. The Bertz CT molecular complexity index is 551. The lowest BCUT2D eigenvalue weighted by atomic mass is 9.84. The van der Waals surface area contributed by atoms with Crippen LogP contribution in [0.2, 0.25) is 0 Å². The number of fused-ring (bicyclic) bond motifs is 2. The molecule has 1 amide bonds. The average molecular weight is 320 g/mol. The zero-order valence-corrected chi connectivity index (χ0v) is 14.0. The highest BCUT2D eigenvalue weighted by molar-refractivity contribution is 8.00. The molecular formula is C17H24N2O2S. The molecule has 2 bridgehead atoms. The SMILES string of the molecule is C[C@H](Sc1cccc[n+]1[O-])C(=O)N[C@@H](C)[C@@H]1C[C@H]2CC[C@H]1C2. The van der Waals surface area contributed by atoms with Gasteiger partial charge >= 0.3 is 0 Å². The van der Waals surface area contributed by atoms with Gasteiger partial charge in [-0.1, -0.05) is 6.42 Å². The summed E-state index contributed by atoms with van der Waals surface area (Å²) in [7, 11) is 0. The number of aromatic nitrogens is 1. The standard InChI is InChI=1S/C17H24N2O2S/c1-11(15-10-13-6-7-14(15)9-13)18-17(20)12(2)22-16-5-3-4-8-19(16)21/h3-5,8,11-15H,6-7,9-10H2,1-2H3,(H,18,20)/t11-,12-,13-,14-,15-/m0/s1. The van der Waals surface area contributed by atoms with Crippen LogP contribution in [0.15, 0.2) is 29.4 Å². The lowest BCUT2D eigenvalue weighted by molar-refractivity contribution is -0.645. The van der Waals surface area contributed by atoms with Crippen LogP contribution >= 0.6 is 11.8 Å². The first-order valence-electron chi connectivity index (χ1n) is 8.20. The maximum Gasteiger partial charge on any atom is 0.252 e. The molecule has 120 valence electrons. The lowest BCUT2D eigenvalue weighted by Gasteiger charge is -2.29. The lowest BCUT2D eigenvalue weighted by Crippen LogP contribution is -2.43. The summed E-state index contributed by atoms with van der Waals surface area (Å²) in [6.45, 7) is 4.00. The Labute approximate surface area is 136 Å². The molecule has 0 unspecified atom stereocenters. The highest BCUT2D eigenvalue weighted by Gasteiger charge is 2.42. The molecule has 0 aromatic carbocycles. The fourth-order valence-corrected chi connectivity index (χ4v) is 4.95. The van der Waals surface area contributed by atoms with E-state index in [0.717, 1.165) is 16.6 Å². The van der Waals surface area contributed by atoms with Crippen LogP contribution in [-0.4, -0.2) is 17.2 Å². The molecule has 5 heteroatoms. The highest BCUT2D eigenvalue weighted by Crippen LogP contribution is 2.49. The van der Waals surface area contributed by atoms with E-state index in [9.17, 15) is 10.0 Å². The molecule has 1 N–H and O–H groups in total. The summed E-state index contributed by atoms with van der Waals surface area (Å²) < 4.78 is 0.813. The summed E-state index contributed by atoms with van der Waals surface area (Å²) in [5.74, 6) is 2.37. The fraction of sp³-hybridized carbons (Fsp3) is 0.647. The van der Waals surface area contributed by atoms with E-state index < -0.39 is 0 Å². The highest BCUT2D eigenvalue weighted by atomic mass is 32.2. The van der Waals surface area contributed by atoms with E-state index in [-0.39, 0.29) is 17.2 Å². The average Bonchev–Trinajstić information content (AvgIpc) is 3.12. The van der Waals surface area contributed by atoms with Gasteiger partial charge in [-0.05, 0) is 68.7 Å². The third-order valence-electron chi connectivity index (χ3n) is 5.26. The number of thioether (sulfide) groups is 1. The van der Waals surface area contributed by atoms with E-state index in [2.05, 4.69) is 12.2 Å². The van der Waals surface area contributed by atoms with Crippen molar-refractivity contribution in [1.82, 2.24) is 5.32 Å². The molecule has 2 aliphatic rings. The monoisotopic (exact) mass is 320 g/mol. The largest absolute Gasteiger partial charge is 0.618 e. The Morgan fingerprint density at radius 2 is 2.18 bits per heavy atom. The normalized spacial score (nSPS) is 29.3. The second kappa shape index (κ2) is 6.49. The number of nitrogens with one attached hydrogen (secondary N) is 1. The van der Waals surface area contributed by atoms with Gasteiger partial charge in [0.15, 0.2) is 6.20 Å². The van der Waals surface area contributed by atoms with Gasteiger partial charge in [-0.15, -0.1) is 0 Å². The first-order valence-corrected chi connectivity index (χ1v) is 9.07. The van der Waals surface area contributed by atoms with Gasteiger partial charge in [-0.25, -0.2) is 0 Å². The van der Waals surface area contributed by atoms with Crippen LogP contribution in [0, 0.1) is 23.0 Å². The smallest absolute Gasteiger partial charge is 0.252 e. The Morgan fingerprint density at radius 1 is 1.36 bits per heavy atom. The van der Waals surface area contributed by atoms with Crippen molar-refractivity contribution in [1.29, 1.82) is 0 Å². The molecule has 1 heterocycles. The van der Waals surface area contributed by atoms with E-state index in [1.54, 1.807) is 12.1 Å². The molecule has 5 atom stereocenters. The van der Waals surface area contributed by atoms with E-state index in [4.69, 9.17) is 0 Å². The van der Waals surface area contributed by atoms with Gasteiger partial charge in [0, 0.05) is 18.2 Å². The zero-order valence-electron chi connectivity index (χ0n) is 13.2. The van der Waals surface area contributed by atoms with Crippen molar-refractivity contribution >= 4 is 17.7 Å². The Balaban J connectivity index is 1.54. The van der Waals surface area contributed by atoms with Crippen LogP contribution in [-0.2, 0) is 4.79 Å². The predicted molar refractivity (Wildman–Crippen MR) is 87.3 cm³/mol. The first kappa shape index (κ1) is 15.7. The fourth-order valence-electron chi connectivity index (χ4n) is 4.09. The van der Waals surface area contributed by atoms with E-state index >= 15 is 0 Å². The Hall–Kier alpha value is -1.23. The number of amides is 1. The van der Waals surface area contributed by atoms with Crippen molar-refractivity contribution < 1.29 is 9.52 Å².